The van der Waals surface area contributed by atoms with Crippen LogP contribution in [0, 0.1) is 30.1 Å². The molecule has 320 valence electrons. The number of nitrogens with zero attached hydrogens (tertiary/aromatic N) is 1. The molecule has 3 aliphatic carbocycles. The van der Waals surface area contributed by atoms with Crippen molar-refractivity contribution in [2.75, 3.05) is 91.0 Å². The quantitative estimate of drug-likeness (QED) is 0.0820. The summed E-state index contributed by atoms with van der Waals surface area (Å²) >= 11 is 0. The number of anilines is 1. The van der Waals surface area contributed by atoms with Crippen LogP contribution >= 0.6 is 0 Å². The number of Topliss-reactive ketones (excluding diaryl/α,β-unsaturated/α-hetero) is 1. The third kappa shape index (κ3) is 15.1. The highest BCUT2D eigenvalue weighted by Gasteiger charge is 2.35. The molecule has 2 aromatic rings. The van der Waals surface area contributed by atoms with Gasteiger partial charge in [0.2, 0.25) is 0 Å². The third-order valence-electron chi connectivity index (χ3n) is 12.1. The first-order valence-electron chi connectivity index (χ1n) is 22.2. The number of ether oxygens (including phenoxy) is 5. The highest BCUT2D eigenvalue weighted by molar-refractivity contribution is 6.01. The number of carbonyl (C=O) groups is 2. The van der Waals surface area contributed by atoms with Gasteiger partial charge < -0.3 is 44.6 Å². The summed E-state index contributed by atoms with van der Waals surface area (Å²) in [5.41, 5.74) is 10.4. The van der Waals surface area contributed by atoms with Crippen molar-refractivity contribution < 1.29 is 33.3 Å². The number of nitrogens with one attached hydrogen (secondary N) is 2. The monoisotopic (exact) mass is 795 g/mol. The number of primary amides is 1. The molecule has 4 N–H and O–H groups in total. The maximum Gasteiger partial charge on any atom is 0.250 e. The Kier molecular flexibility index (Phi) is 19.3. The Hall–Kier alpha value is -2.80. The van der Waals surface area contributed by atoms with Gasteiger partial charge in [0.25, 0.3) is 5.91 Å². The Labute approximate surface area is 342 Å². The number of fused-ring (bicyclic) bond motifs is 1. The summed E-state index contributed by atoms with van der Waals surface area (Å²) in [6.07, 6.45) is 19.7. The number of amides is 1. The van der Waals surface area contributed by atoms with Crippen LogP contribution < -0.4 is 16.4 Å². The molecule has 2 fully saturated rings. The van der Waals surface area contributed by atoms with E-state index < -0.39 is 5.91 Å². The zero-order chi connectivity index (χ0) is 40.3. The van der Waals surface area contributed by atoms with E-state index in [0.717, 1.165) is 72.7 Å². The molecule has 1 aromatic carbocycles. The van der Waals surface area contributed by atoms with Crippen LogP contribution in [0.5, 0.6) is 0 Å². The van der Waals surface area contributed by atoms with Gasteiger partial charge in [-0.05, 0) is 105 Å². The van der Waals surface area contributed by atoms with E-state index in [-0.39, 0.29) is 11.2 Å². The van der Waals surface area contributed by atoms with E-state index in [1.165, 1.54) is 70.8 Å². The first-order chi connectivity index (χ1) is 27.7. The second kappa shape index (κ2) is 24.3. The van der Waals surface area contributed by atoms with Gasteiger partial charge in [-0.1, -0.05) is 58.8 Å². The van der Waals surface area contributed by atoms with Crippen LogP contribution in [0.3, 0.4) is 0 Å². The molecule has 1 heterocycles. The third-order valence-corrected chi connectivity index (χ3v) is 12.1. The fraction of sp³-hybridized carbons (Fsp3) is 0.739. The Morgan fingerprint density at radius 2 is 1.37 bits per heavy atom. The van der Waals surface area contributed by atoms with E-state index in [4.69, 9.17) is 29.4 Å². The fourth-order valence-corrected chi connectivity index (χ4v) is 9.22. The Morgan fingerprint density at radius 1 is 0.772 bits per heavy atom. The van der Waals surface area contributed by atoms with Gasteiger partial charge in [-0.3, -0.25) is 9.59 Å². The van der Waals surface area contributed by atoms with Crippen LogP contribution in [0.1, 0.15) is 129 Å². The number of rotatable bonds is 26. The van der Waals surface area contributed by atoms with Gasteiger partial charge in [0, 0.05) is 55.0 Å². The second-order valence-electron chi connectivity index (χ2n) is 17.5. The lowest BCUT2D eigenvalue weighted by Gasteiger charge is -2.30. The van der Waals surface area contributed by atoms with Crippen LogP contribution in [-0.2, 0) is 30.1 Å². The summed E-state index contributed by atoms with van der Waals surface area (Å²) in [5.74, 6) is 2.57. The lowest BCUT2D eigenvalue weighted by atomic mass is 9.75. The highest BCUT2D eigenvalue weighted by atomic mass is 16.6. The molecule has 1 amide bonds. The van der Waals surface area contributed by atoms with Crippen molar-refractivity contribution in [3.05, 3.63) is 46.8 Å². The minimum atomic E-state index is -0.490. The van der Waals surface area contributed by atoms with Gasteiger partial charge in [0.1, 0.15) is 0 Å². The lowest BCUT2D eigenvalue weighted by molar-refractivity contribution is -0.0111. The maximum atomic E-state index is 12.9. The minimum absolute atomic E-state index is 0.102. The van der Waals surface area contributed by atoms with E-state index in [2.05, 4.69) is 29.0 Å². The van der Waals surface area contributed by atoms with Gasteiger partial charge in [-0.25, -0.2) is 0 Å². The number of carbonyl (C=O) groups excluding carboxylic acids is 2. The van der Waals surface area contributed by atoms with Gasteiger partial charge >= 0.3 is 0 Å². The van der Waals surface area contributed by atoms with Crippen LogP contribution in [-0.4, -0.2) is 102 Å². The molecule has 0 saturated heterocycles. The van der Waals surface area contributed by atoms with Crippen molar-refractivity contribution in [2.24, 2.45) is 28.9 Å². The molecular formula is C46H74N4O7. The molecule has 0 bridgehead atoms. The van der Waals surface area contributed by atoms with E-state index in [1.807, 2.05) is 25.3 Å². The van der Waals surface area contributed by atoms with Crippen molar-refractivity contribution in [1.82, 2.24) is 9.88 Å². The molecular weight excluding hydrogens is 721 g/mol. The Bertz CT molecular complexity index is 1500. The number of nitrogens with two attached hydrogens (primary N) is 1. The molecule has 2 unspecified atom stereocenters. The zero-order valence-corrected chi connectivity index (χ0v) is 35.5. The summed E-state index contributed by atoms with van der Waals surface area (Å²) in [7, 11) is 0. The number of hydrogen-bond acceptors (Lipinski definition) is 9. The van der Waals surface area contributed by atoms with E-state index in [1.54, 1.807) is 6.07 Å². The topological polar surface area (TPSA) is 135 Å². The SMILES string of the molecule is Cc1cn(-c2ccc(C(N)=O)c(NCCCOCCOCCOCCOCCOCCCNCC3CCC(C4CCCCCCC4)C3)c2)c2c1C(=O)CC(C)(C)C2. The predicted molar refractivity (Wildman–Crippen MR) is 227 cm³/mol. The normalized spacial score (nSPS) is 20.0. The fourth-order valence-electron chi connectivity index (χ4n) is 9.22. The molecule has 11 nitrogen and oxygen atoms in total. The number of ketones is 1. The Balaban J connectivity index is 0.805. The lowest BCUT2D eigenvalue weighted by Crippen LogP contribution is -2.28. The molecule has 11 heteroatoms. The van der Waals surface area contributed by atoms with Crippen LogP contribution in [0.4, 0.5) is 5.69 Å². The van der Waals surface area contributed by atoms with Crippen LogP contribution in [0.2, 0.25) is 0 Å². The van der Waals surface area contributed by atoms with Crippen molar-refractivity contribution >= 4 is 17.4 Å². The molecule has 0 spiro atoms. The summed E-state index contributed by atoms with van der Waals surface area (Å²) < 4.78 is 30.4. The summed E-state index contributed by atoms with van der Waals surface area (Å²) in [6.45, 7) is 14.7. The van der Waals surface area contributed by atoms with Gasteiger partial charge in [0.15, 0.2) is 5.78 Å². The molecule has 1 aromatic heterocycles. The average Bonchev–Trinajstić information content (AvgIpc) is 3.76. The van der Waals surface area contributed by atoms with Crippen molar-refractivity contribution in [1.29, 1.82) is 0 Å². The smallest absolute Gasteiger partial charge is 0.250 e. The number of hydrogen-bond donors (Lipinski definition) is 3. The summed E-state index contributed by atoms with van der Waals surface area (Å²) in [6, 6.07) is 5.58. The van der Waals surface area contributed by atoms with Crippen LogP contribution in [0.25, 0.3) is 5.69 Å². The molecule has 5 rings (SSSR count). The molecule has 0 aliphatic heterocycles. The van der Waals surface area contributed by atoms with E-state index in [9.17, 15) is 9.59 Å². The first-order valence-corrected chi connectivity index (χ1v) is 22.2. The first kappa shape index (κ1) is 45.3. The van der Waals surface area contributed by atoms with E-state index in [0.29, 0.717) is 83.7 Å². The molecule has 2 saturated carbocycles. The minimum Gasteiger partial charge on any atom is -0.384 e. The van der Waals surface area contributed by atoms with Gasteiger partial charge in [0.05, 0.1) is 58.4 Å². The predicted octanol–water partition coefficient (Wildman–Crippen LogP) is 7.68. The van der Waals surface area contributed by atoms with Gasteiger partial charge in [-0.15, -0.1) is 0 Å². The molecule has 57 heavy (non-hydrogen) atoms. The summed E-state index contributed by atoms with van der Waals surface area (Å²) in [4.78, 5) is 25.1. The maximum absolute atomic E-state index is 12.9. The molecule has 0 radical (unpaired) electrons. The van der Waals surface area contributed by atoms with Crippen LogP contribution in [0.15, 0.2) is 24.4 Å². The van der Waals surface area contributed by atoms with E-state index >= 15 is 0 Å². The van der Waals surface area contributed by atoms with Gasteiger partial charge in [-0.2, -0.15) is 0 Å². The number of benzene rings is 1. The Morgan fingerprint density at radius 3 is 2.00 bits per heavy atom. The average molecular weight is 795 g/mol. The standard InChI is InChI=1S/C46H74N4O7/c1-35-34-50(42-31-46(2,3)32-43(51)44(35)42)39-15-16-40(45(47)52)41(30-39)49-18-10-20-54-22-24-56-26-28-57-27-25-55-23-21-53-19-9-17-48-33-36-13-14-38(29-36)37-11-7-5-4-6-8-12-37/h15-16,30,34,36-38,48-49H,4-14,17-29,31-33H2,1-3H3,(H2,47,52). The van der Waals surface area contributed by atoms with Crippen molar-refractivity contribution in [3.63, 3.8) is 0 Å². The zero-order valence-electron chi connectivity index (χ0n) is 35.5. The molecule has 3 aliphatic rings. The summed E-state index contributed by atoms with van der Waals surface area (Å²) in [5, 5.41) is 7.05. The van der Waals surface area contributed by atoms with Crippen molar-refractivity contribution in [2.45, 2.75) is 111 Å². The van der Waals surface area contributed by atoms with Crippen molar-refractivity contribution in [3.8, 4) is 5.69 Å². The second-order valence-corrected chi connectivity index (χ2v) is 17.5. The highest BCUT2D eigenvalue weighted by Crippen LogP contribution is 2.41. The number of aryl methyl sites for hydroxylation is 1. The largest absolute Gasteiger partial charge is 0.384 e. The number of aromatic nitrogens is 1. The molecule has 2 atom stereocenters.